The average molecular weight is 315 g/mol. The molecule has 18 heavy (non-hydrogen) atoms. The zero-order chi connectivity index (χ0) is 13.5. The van der Waals surface area contributed by atoms with Crippen LogP contribution in [0.5, 0.6) is 0 Å². The summed E-state index contributed by atoms with van der Waals surface area (Å²) in [5.74, 6) is -2.27. The van der Waals surface area contributed by atoms with Crippen LogP contribution in [-0.2, 0) is 9.59 Å². The van der Waals surface area contributed by atoms with E-state index in [4.69, 9.17) is 10.2 Å². The molecule has 0 aliphatic carbocycles. The van der Waals surface area contributed by atoms with Crippen LogP contribution in [0.4, 0.5) is 0 Å². The molecule has 96 valence electrons. The first-order valence-electron chi connectivity index (χ1n) is 4.95. The van der Waals surface area contributed by atoms with Gasteiger partial charge < -0.3 is 10.2 Å². The van der Waals surface area contributed by atoms with Gasteiger partial charge in [-0.15, -0.1) is 0 Å². The molecule has 0 fully saturated rings. The van der Waals surface area contributed by atoms with Gasteiger partial charge >= 0.3 is 11.9 Å². The number of hydrogen-bond acceptors (Lipinski definition) is 4. The Morgan fingerprint density at radius 3 is 2.39 bits per heavy atom. The van der Waals surface area contributed by atoms with Gasteiger partial charge in [0.15, 0.2) is 0 Å². The molecule has 0 heterocycles. The first-order chi connectivity index (χ1) is 8.47. The van der Waals surface area contributed by atoms with Crippen LogP contribution in [0.2, 0.25) is 0 Å². The van der Waals surface area contributed by atoms with Gasteiger partial charge in [0.25, 0.3) is 0 Å². The van der Waals surface area contributed by atoms with Gasteiger partial charge in [-0.2, -0.15) is 5.10 Å². The second kappa shape index (κ2) is 6.75. The van der Waals surface area contributed by atoms with Crippen LogP contribution >= 0.6 is 15.9 Å². The molecule has 0 bridgehead atoms. The summed E-state index contributed by atoms with van der Waals surface area (Å²) in [5, 5.41) is 22.0. The predicted molar refractivity (Wildman–Crippen MR) is 68.6 cm³/mol. The summed E-state index contributed by atoms with van der Waals surface area (Å²) in [7, 11) is 0. The van der Waals surface area contributed by atoms with Crippen LogP contribution < -0.4 is 0 Å². The fraction of sp³-hybridized carbons (Fsp3) is 0.182. The highest BCUT2D eigenvalue weighted by molar-refractivity contribution is 9.10. The largest absolute Gasteiger partial charge is 0.480 e. The van der Waals surface area contributed by atoms with Crippen molar-refractivity contribution >= 4 is 34.1 Å². The lowest BCUT2D eigenvalue weighted by molar-refractivity contribution is -0.141. The first kappa shape index (κ1) is 14.2. The van der Waals surface area contributed by atoms with E-state index in [0.29, 0.717) is 0 Å². The van der Waals surface area contributed by atoms with Crippen LogP contribution in [0.25, 0.3) is 0 Å². The van der Waals surface area contributed by atoms with Gasteiger partial charge in [0.05, 0.1) is 6.21 Å². The first-order valence-corrected chi connectivity index (χ1v) is 5.75. The quantitative estimate of drug-likeness (QED) is 0.609. The zero-order valence-corrected chi connectivity index (χ0v) is 10.9. The fourth-order valence-electron chi connectivity index (χ4n) is 1.19. The highest BCUT2D eigenvalue weighted by atomic mass is 79.9. The van der Waals surface area contributed by atoms with E-state index in [9.17, 15) is 9.59 Å². The van der Waals surface area contributed by atoms with Crippen molar-refractivity contribution in [2.45, 2.75) is 0 Å². The Hall–Kier alpha value is -1.89. The third kappa shape index (κ3) is 5.44. The lowest BCUT2D eigenvalue weighted by atomic mass is 10.2. The Morgan fingerprint density at radius 2 is 1.89 bits per heavy atom. The number of halogens is 1. The van der Waals surface area contributed by atoms with Crippen molar-refractivity contribution in [1.82, 2.24) is 5.01 Å². The maximum Gasteiger partial charge on any atom is 0.324 e. The topological polar surface area (TPSA) is 90.2 Å². The number of hydrogen-bond donors (Lipinski definition) is 2. The number of nitrogens with zero attached hydrogens (tertiary/aromatic N) is 2. The highest BCUT2D eigenvalue weighted by Gasteiger charge is 2.10. The van der Waals surface area contributed by atoms with E-state index in [1.807, 2.05) is 6.07 Å². The van der Waals surface area contributed by atoms with Crippen LogP contribution in [0.3, 0.4) is 0 Å². The van der Waals surface area contributed by atoms with Crippen molar-refractivity contribution in [2.24, 2.45) is 5.10 Å². The maximum atomic E-state index is 10.5. The molecule has 1 rings (SSSR count). The van der Waals surface area contributed by atoms with Crippen molar-refractivity contribution in [2.75, 3.05) is 13.1 Å². The van der Waals surface area contributed by atoms with E-state index in [2.05, 4.69) is 21.0 Å². The molecule has 0 saturated carbocycles. The molecule has 0 aliphatic rings. The number of rotatable bonds is 6. The van der Waals surface area contributed by atoms with Crippen molar-refractivity contribution in [3.05, 3.63) is 34.3 Å². The Kier molecular flexibility index (Phi) is 5.31. The summed E-state index contributed by atoms with van der Waals surface area (Å²) < 4.78 is 0.856. The van der Waals surface area contributed by atoms with E-state index in [1.54, 1.807) is 18.2 Å². The number of carbonyl (C=O) groups is 2. The third-order valence-corrected chi connectivity index (χ3v) is 2.35. The van der Waals surface area contributed by atoms with Crippen molar-refractivity contribution in [1.29, 1.82) is 0 Å². The molecule has 0 atom stereocenters. The van der Waals surface area contributed by atoms with E-state index >= 15 is 0 Å². The van der Waals surface area contributed by atoms with Crippen molar-refractivity contribution < 1.29 is 19.8 Å². The van der Waals surface area contributed by atoms with Gasteiger partial charge in [-0.3, -0.25) is 14.6 Å². The fourth-order valence-corrected chi connectivity index (χ4v) is 1.60. The average Bonchev–Trinajstić information content (AvgIpc) is 2.24. The van der Waals surface area contributed by atoms with Gasteiger partial charge in [0.2, 0.25) is 0 Å². The molecule has 6 nitrogen and oxygen atoms in total. The van der Waals surface area contributed by atoms with E-state index in [0.717, 1.165) is 15.0 Å². The van der Waals surface area contributed by atoms with E-state index < -0.39 is 25.0 Å². The molecule has 1 aromatic carbocycles. The number of carboxylic acid groups (broad SMARTS) is 2. The number of hydrazone groups is 1. The molecule has 0 radical (unpaired) electrons. The molecule has 0 unspecified atom stereocenters. The van der Waals surface area contributed by atoms with Crippen molar-refractivity contribution in [3.63, 3.8) is 0 Å². The van der Waals surface area contributed by atoms with Crippen LogP contribution in [0, 0.1) is 0 Å². The van der Waals surface area contributed by atoms with Gasteiger partial charge in [-0.25, -0.2) is 0 Å². The summed E-state index contributed by atoms with van der Waals surface area (Å²) in [6.07, 6.45) is 1.41. The minimum absolute atomic E-state index is 0.462. The smallest absolute Gasteiger partial charge is 0.324 e. The molecule has 2 N–H and O–H groups in total. The molecular weight excluding hydrogens is 304 g/mol. The second-order valence-electron chi connectivity index (χ2n) is 3.41. The minimum atomic E-state index is -1.14. The zero-order valence-electron chi connectivity index (χ0n) is 9.28. The standard InChI is InChI=1S/C11H11BrN2O4/c12-9-3-1-2-8(4-9)5-13-14(6-10(15)16)7-11(17)18/h1-5H,6-7H2,(H,15,16)(H,17,18)/b13-5-. The lowest BCUT2D eigenvalue weighted by Gasteiger charge is -2.13. The Bertz CT molecular complexity index is 460. The summed E-state index contributed by atoms with van der Waals surface area (Å²) in [5.41, 5.74) is 0.741. The van der Waals surface area contributed by atoms with E-state index in [-0.39, 0.29) is 0 Å². The predicted octanol–water partition coefficient (Wildman–Crippen LogP) is 1.25. The van der Waals surface area contributed by atoms with Crippen LogP contribution in [0.15, 0.2) is 33.8 Å². The second-order valence-corrected chi connectivity index (χ2v) is 4.33. The minimum Gasteiger partial charge on any atom is -0.480 e. The van der Waals surface area contributed by atoms with Gasteiger partial charge in [0.1, 0.15) is 13.1 Å². The molecule has 1 aromatic rings. The number of aliphatic carboxylic acids is 2. The SMILES string of the molecule is O=C(O)CN(CC(=O)O)/N=C\c1cccc(Br)c1. The summed E-state index contributed by atoms with van der Waals surface area (Å²) in [4.78, 5) is 21.1. The summed E-state index contributed by atoms with van der Waals surface area (Å²) in [6, 6.07) is 7.19. The summed E-state index contributed by atoms with van der Waals surface area (Å²) in [6.45, 7) is -0.923. The maximum absolute atomic E-state index is 10.5. The van der Waals surface area contributed by atoms with Gasteiger partial charge in [-0.1, -0.05) is 28.1 Å². The Labute approximate surface area is 112 Å². The monoisotopic (exact) mass is 314 g/mol. The highest BCUT2D eigenvalue weighted by Crippen LogP contribution is 2.10. The molecule has 7 heteroatoms. The number of carboxylic acids is 2. The molecule has 0 aliphatic heterocycles. The third-order valence-electron chi connectivity index (χ3n) is 1.85. The van der Waals surface area contributed by atoms with Gasteiger partial charge in [0, 0.05) is 4.47 Å². The molecule has 0 amide bonds. The Morgan fingerprint density at radius 1 is 1.28 bits per heavy atom. The molecular formula is C11H11BrN2O4. The van der Waals surface area contributed by atoms with Crippen molar-refractivity contribution in [3.8, 4) is 0 Å². The normalized spacial score (nSPS) is 10.5. The van der Waals surface area contributed by atoms with Crippen LogP contribution in [-0.4, -0.2) is 46.5 Å². The molecule has 0 spiro atoms. The Balaban J connectivity index is 2.75. The number of benzene rings is 1. The van der Waals surface area contributed by atoms with E-state index in [1.165, 1.54) is 6.21 Å². The van der Waals surface area contributed by atoms with Gasteiger partial charge in [-0.05, 0) is 17.7 Å². The van der Waals surface area contributed by atoms with Crippen LogP contribution in [0.1, 0.15) is 5.56 Å². The summed E-state index contributed by atoms with van der Waals surface area (Å²) >= 11 is 3.29. The lowest BCUT2D eigenvalue weighted by Crippen LogP contribution is -2.30. The molecule has 0 aromatic heterocycles. The molecule has 0 saturated heterocycles.